The fraction of sp³-hybridized carbons (Fsp3) is 0.533. The molecule has 1 aliphatic rings. The topological polar surface area (TPSA) is 40.7 Å². The molecule has 0 spiro atoms. The third-order valence-electron chi connectivity index (χ3n) is 3.85. The molecule has 5 heteroatoms. The minimum absolute atomic E-state index is 0.671. The van der Waals surface area contributed by atoms with Gasteiger partial charge in [0.2, 0.25) is 0 Å². The molecule has 0 saturated heterocycles. The van der Waals surface area contributed by atoms with Gasteiger partial charge in [0.25, 0.3) is 0 Å². The summed E-state index contributed by atoms with van der Waals surface area (Å²) in [5.74, 6) is 1.24. The number of H-pyrrole nitrogens is 1. The maximum Gasteiger partial charge on any atom is 0.0794 e. The summed E-state index contributed by atoms with van der Waals surface area (Å²) < 4.78 is 0. The van der Waals surface area contributed by atoms with Crippen molar-refractivity contribution in [3.8, 4) is 10.6 Å². The Labute approximate surface area is 128 Å². The van der Waals surface area contributed by atoms with E-state index in [1.54, 1.807) is 11.3 Å². The minimum atomic E-state index is 0.671. The van der Waals surface area contributed by atoms with E-state index in [-0.39, 0.29) is 0 Å². The highest BCUT2D eigenvalue weighted by molar-refractivity contribution is 7.99. The summed E-state index contributed by atoms with van der Waals surface area (Å²) in [7, 11) is 0. The van der Waals surface area contributed by atoms with Crippen LogP contribution in [0, 0.1) is 0 Å². The molecule has 0 aliphatic heterocycles. The molecule has 2 atom stereocenters. The van der Waals surface area contributed by atoms with Gasteiger partial charge in [-0.2, -0.15) is 16.9 Å². The highest BCUT2D eigenvalue weighted by Crippen LogP contribution is 2.30. The molecule has 2 N–H and O–H groups in total. The number of thioether (sulfide) groups is 1. The predicted octanol–water partition coefficient (Wildman–Crippen LogP) is 3.90. The van der Waals surface area contributed by atoms with E-state index < -0.39 is 0 Å². The van der Waals surface area contributed by atoms with E-state index in [1.807, 2.05) is 6.20 Å². The lowest BCUT2D eigenvalue weighted by molar-refractivity contribution is 0.525. The molecule has 1 saturated carbocycles. The van der Waals surface area contributed by atoms with Crippen molar-refractivity contribution in [2.45, 2.75) is 44.0 Å². The van der Waals surface area contributed by atoms with Gasteiger partial charge in [0.15, 0.2) is 0 Å². The monoisotopic (exact) mass is 307 g/mol. The van der Waals surface area contributed by atoms with Gasteiger partial charge in [0.1, 0.15) is 0 Å². The van der Waals surface area contributed by atoms with E-state index in [1.165, 1.54) is 41.1 Å². The van der Waals surface area contributed by atoms with Crippen LogP contribution in [0.2, 0.25) is 0 Å². The van der Waals surface area contributed by atoms with E-state index in [2.05, 4.69) is 51.7 Å². The Balaban J connectivity index is 1.56. The molecule has 20 heavy (non-hydrogen) atoms. The third-order valence-corrected chi connectivity index (χ3v) is 5.97. The van der Waals surface area contributed by atoms with E-state index in [4.69, 9.17) is 0 Å². The SMILES string of the molecule is CCSC1CCC(NCc2cn[nH]c2-c2cccs2)C1. The fourth-order valence-electron chi connectivity index (χ4n) is 2.85. The molecular formula is C15H21N3S2. The van der Waals surface area contributed by atoms with Crippen molar-refractivity contribution in [3.05, 3.63) is 29.3 Å². The van der Waals surface area contributed by atoms with E-state index in [0.717, 1.165) is 11.8 Å². The van der Waals surface area contributed by atoms with Crippen LogP contribution in [0.3, 0.4) is 0 Å². The molecule has 3 rings (SSSR count). The summed E-state index contributed by atoms with van der Waals surface area (Å²) in [6.45, 7) is 3.17. The molecule has 0 bridgehead atoms. The van der Waals surface area contributed by atoms with Crippen LogP contribution in [0.5, 0.6) is 0 Å². The standard InChI is InChI=1S/C15H21N3S2/c1-2-19-13-6-5-12(8-13)16-9-11-10-17-18-15(11)14-4-3-7-20-14/h3-4,7,10,12-13,16H,2,5-6,8-9H2,1H3,(H,17,18). The lowest BCUT2D eigenvalue weighted by atomic mass is 10.2. The van der Waals surface area contributed by atoms with Gasteiger partial charge in [-0.05, 0) is 36.5 Å². The fourth-order valence-corrected chi connectivity index (χ4v) is 4.74. The Morgan fingerprint density at radius 1 is 1.50 bits per heavy atom. The number of hydrogen-bond acceptors (Lipinski definition) is 4. The molecule has 3 nitrogen and oxygen atoms in total. The van der Waals surface area contributed by atoms with Gasteiger partial charge < -0.3 is 5.32 Å². The normalized spacial score (nSPS) is 22.4. The average Bonchev–Trinajstić information content (AvgIpc) is 3.18. The van der Waals surface area contributed by atoms with Gasteiger partial charge in [-0.15, -0.1) is 11.3 Å². The average molecular weight is 307 g/mol. The van der Waals surface area contributed by atoms with Crippen molar-refractivity contribution in [1.82, 2.24) is 15.5 Å². The first kappa shape index (κ1) is 14.2. The molecule has 2 aromatic heterocycles. The molecular weight excluding hydrogens is 286 g/mol. The van der Waals surface area contributed by atoms with Crippen LogP contribution >= 0.6 is 23.1 Å². The molecule has 2 unspecified atom stereocenters. The van der Waals surface area contributed by atoms with Gasteiger partial charge in [-0.1, -0.05) is 13.0 Å². The quantitative estimate of drug-likeness (QED) is 0.850. The second kappa shape index (κ2) is 6.78. The van der Waals surface area contributed by atoms with Crippen molar-refractivity contribution in [3.63, 3.8) is 0 Å². The van der Waals surface area contributed by atoms with Crippen molar-refractivity contribution in [2.24, 2.45) is 0 Å². The lowest BCUT2D eigenvalue weighted by Gasteiger charge is -2.12. The van der Waals surface area contributed by atoms with Crippen LogP contribution in [0.1, 0.15) is 31.7 Å². The first-order valence-corrected chi connectivity index (χ1v) is 9.20. The molecule has 1 fully saturated rings. The van der Waals surface area contributed by atoms with Crippen molar-refractivity contribution < 1.29 is 0 Å². The second-order valence-corrected chi connectivity index (χ2v) is 7.74. The molecule has 0 radical (unpaired) electrons. The van der Waals surface area contributed by atoms with Gasteiger partial charge in [-0.25, -0.2) is 0 Å². The van der Waals surface area contributed by atoms with Crippen LogP contribution < -0.4 is 5.32 Å². The zero-order chi connectivity index (χ0) is 13.8. The molecule has 2 aromatic rings. The van der Waals surface area contributed by atoms with Gasteiger partial charge in [0, 0.05) is 23.4 Å². The Morgan fingerprint density at radius 3 is 3.25 bits per heavy atom. The summed E-state index contributed by atoms with van der Waals surface area (Å²) in [6.07, 6.45) is 5.93. The molecule has 2 heterocycles. The van der Waals surface area contributed by atoms with Crippen LogP contribution in [0.15, 0.2) is 23.7 Å². The Kier molecular flexibility index (Phi) is 4.81. The largest absolute Gasteiger partial charge is 0.310 e. The third kappa shape index (κ3) is 3.27. The Bertz CT molecular complexity index is 521. The van der Waals surface area contributed by atoms with Crippen LogP contribution in [0.25, 0.3) is 10.6 Å². The number of nitrogens with one attached hydrogen (secondary N) is 2. The van der Waals surface area contributed by atoms with Crippen molar-refractivity contribution in [2.75, 3.05) is 5.75 Å². The van der Waals surface area contributed by atoms with Crippen LogP contribution in [-0.2, 0) is 6.54 Å². The van der Waals surface area contributed by atoms with Crippen LogP contribution in [0.4, 0.5) is 0 Å². The Morgan fingerprint density at radius 2 is 2.45 bits per heavy atom. The molecule has 0 amide bonds. The van der Waals surface area contributed by atoms with E-state index in [0.29, 0.717) is 6.04 Å². The number of rotatable bonds is 6. The van der Waals surface area contributed by atoms with Crippen molar-refractivity contribution >= 4 is 23.1 Å². The minimum Gasteiger partial charge on any atom is -0.310 e. The maximum absolute atomic E-state index is 4.21. The smallest absolute Gasteiger partial charge is 0.0794 e. The number of hydrogen-bond donors (Lipinski definition) is 2. The lowest BCUT2D eigenvalue weighted by Crippen LogP contribution is -2.26. The number of thiophene rings is 1. The van der Waals surface area contributed by atoms with Crippen molar-refractivity contribution in [1.29, 1.82) is 0 Å². The summed E-state index contributed by atoms with van der Waals surface area (Å²) in [5, 5.41) is 14.0. The van der Waals surface area contributed by atoms with E-state index in [9.17, 15) is 0 Å². The zero-order valence-electron chi connectivity index (χ0n) is 11.8. The van der Waals surface area contributed by atoms with Gasteiger partial charge in [0.05, 0.1) is 16.8 Å². The van der Waals surface area contributed by atoms with E-state index >= 15 is 0 Å². The molecule has 0 aromatic carbocycles. The highest BCUT2D eigenvalue weighted by Gasteiger charge is 2.24. The Hall–Kier alpha value is -0.780. The first-order valence-electron chi connectivity index (χ1n) is 7.28. The second-order valence-electron chi connectivity index (χ2n) is 5.22. The predicted molar refractivity (Wildman–Crippen MR) is 88.3 cm³/mol. The molecule has 1 aliphatic carbocycles. The zero-order valence-corrected chi connectivity index (χ0v) is 13.4. The summed E-state index contributed by atoms with van der Waals surface area (Å²) in [6, 6.07) is 4.90. The summed E-state index contributed by atoms with van der Waals surface area (Å²) in [5.41, 5.74) is 2.45. The maximum atomic E-state index is 4.21. The number of nitrogens with zero attached hydrogens (tertiary/aromatic N) is 1. The first-order chi connectivity index (χ1) is 9.86. The summed E-state index contributed by atoms with van der Waals surface area (Å²) in [4.78, 5) is 1.27. The molecule has 108 valence electrons. The highest BCUT2D eigenvalue weighted by atomic mass is 32.2. The summed E-state index contributed by atoms with van der Waals surface area (Å²) >= 11 is 3.87. The van der Waals surface area contributed by atoms with Crippen LogP contribution in [-0.4, -0.2) is 27.2 Å². The van der Waals surface area contributed by atoms with Gasteiger partial charge >= 0.3 is 0 Å². The van der Waals surface area contributed by atoms with Gasteiger partial charge in [-0.3, -0.25) is 5.10 Å². The number of aromatic nitrogens is 2. The number of aromatic amines is 1.